The highest BCUT2D eigenvalue weighted by molar-refractivity contribution is 5.63. The van der Waals surface area contributed by atoms with E-state index >= 15 is 0 Å². The van der Waals surface area contributed by atoms with Crippen LogP contribution in [0.1, 0.15) is 5.56 Å². The van der Waals surface area contributed by atoms with Crippen LogP contribution in [0, 0.1) is 18.6 Å². The van der Waals surface area contributed by atoms with Crippen molar-refractivity contribution in [2.75, 3.05) is 0 Å². The molecule has 21 heavy (non-hydrogen) atoms. The standard InChI is InChI=1S/C15H10F2N2O2/c1-8-6-10(20)3-4-11(8)15-18-14(19-21-15)9-2-5-12(16)13(17)7-9/h2-7,20H,1H3. The van der Waals surface area contributed by atoms with Crippen LogP contribution in [0.15, 0.2) is 40.9 Å². The molecule has 2 aromatic carbocycles. The minimum atomic E-state index is -0.973. The number of aryl methyl sites for hydroxylation is 1. The van der Waals surface area contributed by atoms with Gasteiger partial charge in [-0.15, -0.1) is 0 Å². The van der Waals surface area contributed by atoms with Gasteiger partial charge in [0, 0.05) is 11.1 Å². The number of phenols is 1. The highest BCUT2D eigenvalue weighted by Crippen LogP contribution is 2.27. The maximum atomic E-state index is 13.2. The highest BCUT2D eigenvalue weighted by Gasteiger charge is 2.14. The first-order valence-corrected chi connectivity index (χ1v) is 6.14. The van der Waals surface area contributed by atoms with Gasteiger partial charge in [0.2, 0.25) is 5.82 Å². The van der Waals surface area contributed by atoms with Crippen molar-refractivity contribution < 1.29 is 18.4 Å². The van der Waals surface area contributed by atoms with E-state index in [2.05, 4.69) is 10.1 Å². The third-order valence-electron chi connectivity index (χ3n) is 3.04. The Bertz CT molecular complexity index is 815. The van der Waals surface area contributed by atoms with Gasteiger partial charge < -0.3 is 9.63 Å². The molecule has 0 saturated carbocycles. The maximum absolute atomic E-state index is 13.2. The summed E-state index contributed by atoms with van der Waals surface area (Å²) in [7, 11) is 0. The molecule has 1 aromatic heterocycles. The minimum Gasteiger partial charge on any atom is -0.508 e. The summed E-state index contributed by atoms with van der Waals surface area (Å²) in [4.78, 5) is 4.16. The van der Waals surface area contributed by atoms with Gasteiger partial charge in [-0.25, -0.2) is 8.78 Å². The zero-order valence-electron chi connectivity index (χ0n) is 11.0. The van der Waals surface area contributed by atoms with Crippen LogP contribution in [0.25, 0.3) is 22.8 Å². The van der Waals surface area contributed by atoms with Crippen LogP contribution >= 0.6 is 0 Å². The van der Waals surface area contributed by atoms with Gasteiger partial charge in [-0.1, -0.05) is 5.16 Å². The van der Waals surface area contributed by atoms with Gasteiger partial charge in [0.25, 0.3) is 5.89 Å². The van der Waals surface area contributed by atoms with Crippen molar-refractivity contribution in [1.82, 2.24) is 10.1 Å². The van der Waals surface area contributed by atoms with Crippen molar-refractivity contribution >= 4 is 0 Å². The fourth-order valence-corrected chi connectivity index (χ4v) is 1.97. The van der Waals surface area contributed by atoms with E-state index in [0.29, 0.717) is 11.1 Å². The monoisotopic (exact) mass is 288 g/mol. The molecule has 0 aliphatic carbocycles. The quantitative estimate of drug-likeness (QED) is 0.781. The molecule has 1 heterocycles. The molecule has 0 amide bonds. The molecule has 0 atom stereocenters. The number of phenolic OH excluding ortho intramolecular Hbond substituents is 1. The summed E-state index contributed by atoms with van der Waals surface area (Å²) < 4.78 is 31.3. The molecule has 1 N–H and O–H groups in total. The molecule has 6 heteroatoms. The zero-order chi connectivity index (χ0) is 15.0. The summed E-state index contributed by atoms with van der Waals surface area (Å²) >= 11 is 0. The SMILES string of the molecule is Cc1cc(O)ccc1-c1nc(-c2ccc(F)c(F)c2)no1. The lowest BCUT2D eigenvalue weighted by Crippen LogP contribution is -1.87. The molecule has 0 saturated heterocycles. The number of halogens is 2. The first-order chi connectivity index (χ1) is 10.0. The summed E-state index contributed by atoms with van der Waals surface area (Å²) in [5, 5.41) is 13.1. The molecule has 0 aliphatic rings. The van der Waals surface area contributed by atoms with Crippen molar-refractivity contribution in [3.63, 3.8) is 0 Å². The second-order valence-electron chi connectivity index (χ2n) is 4.55. The second kappa shape index (κ2) is 4.97. The normalized spacial score (nSPS) is 10.8. The number of aromatic hydroxyl groups is 1. The topological polar surface area (TPSA) is 59.2 Å². The number of nitrogens with zero attached hydrogens (tertiary/aromatic N) is 2. The molecule has 3 rings (SSSR count). The molecule has 3 aromatic rings. The largest absolute Gasteiger partial charge is 0.508 e. The van der Waals surface area contributed by atoms with Crippen LogP contribution in [0.3, 0.4) is 0 Å². The summed E-state index contributed by atoms with van der Waals surface area (Å²) in [6.45, 7) is 1.79. The number of aromatic nitrogens is 2. The van der Waals surface area contributed by atoms with Gasteiger partial charge in [0.1, 0.15) is 5.75 Å². The van der Waals surface area contributed by atoms with Crippen molar-refractivity contribution in [3.8, 4) is 28.6 Å². The predicted molar refractivity (Wildman–Crippen MR) is 71.5 cm³/mol. The average molecular weight is 288 g/mol. The van der Waals surface area contributed by atoms with E-state index in [4.69, 9.17) is 4.52 Å². The lowest BCUT2D eigenvalue weighted by Gasteiger charge is -2.00. The van der Waals surface area contributed by atoms with Gasteiger partial charge in [-0.2, -0.15) is 4.98 Å². The molecule has 0 bridgehead atoms. The fourth-order valence-electron chi connectivity index (χ4n) is 1.97. The van der Waals surface area contributed by atoms with Crippen molar-refractivity contribution in [2.24, 2.45) is 0 Å². The molecular formula is C15H10F2N2O2. The Balaban J connectivity index is 2.01. The van der Waals surface area contributed by atoms with Gasteiger partial charge in [0.15, 0.2) is 11.6 Å². The highest BCUT2D eigenvalue weighted by atomic mass is 19.2. The molecule has 0 aliphatic heterocycles. The third kappa shape index (κ3) is 2.47. The summed E-state index contributed by atoms with van der Waals surface area (Å²) in [5.74, 6) is -1.36. The Morgan fingerprint density at radius 2 is 1.86 bits per heavy atom. The Morgan fingerprint density at radius 1 is 1.05 bits per heavy atom. The van der Waals surface area contributed by atoms with E-state index in [0.717, 1.165) is 17.7 Å². The van der Waals surface area contributed by atoms with Crippen molar-refractivity contribution in [1.29, 1.82) is 0 Å². The average Bonchev–Trinajstić information content (AvgIpc) is 2.91. The van der Waals surface area contributed by atoms with Crippen LogP contribution in [0.2, 0.25) is 0 Å². The first-order valence-electron chi connectivity index (χ1n) is 6.14. The van der Waals surface area contributed by atoms with E-state index in [9.17, 15) is 13.9 Å². The Labute approximate surface area is 118 Å². The molecule has 0 unspecified atom stereocenters. The summed E-state index contributed by atoms with van der Waals surface area (Å²) in [6, 6.07) is 8.10. The third-order valence-corrected chi connectivity index (χ3v) is 3.04. The number of benzene rings is 2. The van der Waals surface area contributed by atoms with Crippen molar-refractivity contribution in [2.45, 2.75) is 6.92 Å². The molecular weight excluding hydrogens is 278 g/mol. The Morgan fingerprint density at radius 3 is 2.57 bits per heavy atom. The number of rotatable bonds is 2. The second-order valence-corrected chi connectivity index (χ2v) is 4.55. The first kappa shape index (κ1) is 13.2. The van der Waals surface area contributed by atoms with Gasteiger partial charge >= 0.3 is 0 Å². The van der Waals surface area contributed by atoms with E-state index in [1.165, 1.54) is 12.1 Å². The molecule has 0 spiro atoms. The molecule has 0 radical (unpaired) electrons. The lowest BCUT2D eigenvalue weighted by molar-refractivity contribution is 0.431. The van der Waals surface area contributed by atoms with Crippen LogP contribution in [0.4, 0.5) is 8.78 Å². The predicted octanol–water partition coefficient (Wildman–Crippen LogP) is 3.70. The summed E-state index contributed by atoms with van der Waals surface area (Å²) in [5.41, 5.74) is 1.74. The van der Waals surface area contributed by atoms with Gasteiger partial charge in [0.05, 0.1) is 0 Å². The van der Waals surface area contributed by atoms with Gasteiger partial charge in [-0.3, -0.25) is 0 Å². The number of hydrogen-bond donors (Lipinski definition) is 1. The zero-order valence-corrected chi connectivity index (χ0v) is 11.0. The van der Waals surface area contributed by atoms with E-state index in [1.54, 1.807) is 19.1 Å². The van der Waals surface area contributed by atoms with Crippen molar-refractivity contribution in [3.05, 3.63) is 53.6 Å². The van der Waals surface area contributed by atoms with Crippen LogP contribution < -0.4 is 0 Å². The van der Waals surface area contributed by atoms with E-state index in [-0.39, 0.29) is 17.5 Å². The molecule has 0 fully saturated rings. The lowest BCUT2D eigenvalue weighted by atomic mass is 10.1. The minimum absolute atomic E-state index is 0.136. The van der Waals surface area contributed by atoms with Gasteiger partial charge in [-0.05, 0) is 48.9 Å². The number of hydrogen-bond acceptors (Lipinski definition) is 4. The van der Waals surface area contributed by atoms with Crippen LogP contribution in [0.5, 0.6) is 5.75 Å². The fraction of sp³-hybridized carbons (Fsp3) is 0.0667. The maximum Gasteiger partial charge on any atom is 0.258 e. The molecule has 106 valence electrons. The Kier molecular flexibility index (Phi) is 3.13. The molecule has 4 nitrogen and oxygen atoms in total. The van der Waals surface area contributed by atoms with Crippen LogP contribution in [-0.4, -0.2) is 15.2 Å². The van der Waals surface area contributed by atoms with Crippen LogP contribution in [-0.2, 0) is 0 Å². The Hall–Kier alpha value is -2.76. The van der Waals surface area contributed by atoms with E-state index < -0.39 is 11.6 Å². The summed E-state index contributed by atoms with van der Waals surface area (Å²) in [6.07, 6.45) is 0. The van der Waals surface area contributed by atoms with E-state index in [1.807, 2.05) is 0 Å². The smallest absolute Gasteiger partial charge is 0.258 e.